The molecule has 0 saturated carbocycles. The Labute approximate surface area is 252 Å². The predicted octanol–water partition coefficient (Wildman–Crippen LogP) is 9.59. The van der Waals surface area contributed by atoms with E-state index in [0.717, 1.165) is 11.0 Å². The average Bonchev–Trinajstić information content (AvgIpc) is 3.41. The Hall–Kier alpha value is -3.57. The first-order valence-electron chi connectivity index (χ1n) is 14.8. The molecule has 0 aromatic heterocycles. The van der Waals surface area contributed by atoms with Gasteiger partial charge in [-0.1, -0.05) is 90.0 Å². The van der Waals surface area contributed by atoms with Crippen LogP contribution in [0, 0.1) is 13.8 Å². The van der Waals surface area contributed by atoms with Gasteiger partial charge >= 0.3 is 7.12 Å². The normalized spacial score (nSPS) is 18.4. The highest BCUT2D eigenvalue weighted by Gasteiger charge is 2.52. The van der Waals surface area contributed by atoms with E-state index in [1.807, 2.05) is 0 Å². The summed E-state index contributed by atoms with van der Waals surface area (Å²) in [6, 6.07) is 43.0. The lowest BCUT2D eigenvalue weighted by molar-refractivity contribution is 0.00578. The monoisotopic (exact) mass is 568 g/mol. The maximum atomic E-state index is 6.59. The third-order valence-corrected chi connectivity index (χ3v) is 13.3. The van der Waals surface area contributed by atoms with Gasteiger partial charge in [-0.05, 0) is 100 Å². The molecule has 7 rings (SSSR count). The van der Waals surface area contributed by atoms with Crippen LogP contribution in [0.1, 0.15) is 38.8 Å². The molecule has 0 spiro atoms. The third-order valence-electron chi connectivity index (χ3n) is 9.35. The lowest BCUT2D eigenvalue weighted by Gasteiger charge is -2.39. The van der Waals surface area contributed by atoms with Crippen LogP contribution in [-0.2, 0) is 9.31 Å². The lowest BCUT2D eigenvalue weighted by atomic mass is 9.73. The zero-order chi connectivity index (χ0) is 29.3. The van der Waals surface area contributed by atoms with Crippen LogP contribution in [0.2, 0.25) is 0 Å². The van der Waals surface area contributed by atoms with E-state index in [-0.39, 0.29) is 0 Å². The van der Waals surface area contributed by atoms with Crippen molar-refractivity contribution in [3.8, 4) is 22.3 Å². The smallest absolute Gasteiger partial charge is 0.399 e. The molecule has 2 heterocycles. The number of hydrogen-bond acceptors (Lipinski definition) is 2. The number of benzene rings is 5. The third kappa shape index (κ3) is 3.96. The summed E-state index contributed by atoms with van der Waals surface area (Å²) in [5, 5.41) is 0. The summed E-state index contributed by atoms with van der Waals surface area (Å²) in [4.78, 5) is 5.50. The van der Waals surface area contributed by atoms with Gasteiger partial charge in [0.15, 0.2) is 0 Å². The molecular weight excluding hydrogens is 531 g/mol. The van der Waals surface area contributed by atoms with E-state index in [9.17, 15) is 0 Å². The predicted molar refractivity (Wildman–Crippen MR) is 176 cm³/mol. The van der Waals surface area contributed by atoms with Crippen molar-refractivity contribution >= 4 is 22.6 Å². The van der Waals surface area contributed by atoms with Gasteiger partial charge in [-0.2, -0.15) is 0 Å². The van der Waals surface area contributed by atoms with Gasteiger partial charge in [0.05, 0.1) is 11.2 Å². The van der Waals surface area contributed by atoms with Crippen LogP contribution in [0.4, 0.5) is 0 Å². The summed E-state index contributed by atoms with van der Waals surface area (Å²) < 4.78 is 13.2. The maximum Gasteiger partial charge on any atom is 0.495 e. The van der Waals surface area contributed by atoms with Crippen molar-refractivity contribution in [2.24, 2.45) is 0 Å². The molecule has 0 amide bonds. The fraction of sp³-hybridized carbons (Fsp3) is 0.211. The fourth-order valence-electron chi connectivity index (χ4n) is 6.39. The van der Waals surface area contributed by atoms with E-state index >= 15 is 0 Å². The van der Waals surface area contributed by atoms with E-state index in [1.165, 1.54) is 47.4 Å². The molecule has 0 aliphatic carbocycles. The zero-order valence-electron chi connectivity index (χ0n) is 25.3. The summed E-state index contributed by atoms with van der Waals surface area (Å²) in [5.41, 5.74) is 7.79. The Bertz CT molecular complexity index is 1740. The van der Waals surface area contributed by atoms with Gasteiger partial charge in [0, 0.05) is 25.1 Å². The maximum absolute atomic E-state index is 6.59. The number of rotatable bonds is 4. The molecule has 210 valence electrons. The highest BCUT2D eigenvalue weighted by molar-refractivity contribution is 8.34. The van der Waals surface area contributed by atoms with Gasteiger partial charge in [-0.3, -0.25) is 0 Å². The molecule has 2 nitrogen and oxygen atoms in total. The lowest BCUT2D eigenvalue weighted by Crippen LogP contribution is -2.41. The summed E-state index contributed by atoms with van der Waals surface area (Å²) in [6.07, 6.45) is 0. The molecule has 5 aromatic rings. The molecule has 0 bridgehead atoms. The van der Waals surface area contributed by atoms with Gasteiger partial charge in [0.1, 0.15) is 0 Å². The first kappa shape index (κ1) is 27.3. The van der Waals surface area contributed by atoms with Crippen molar-refractivity contribution in [2.75, 3.05) is 0 Å². The molecule has 0 radical (unpaired) electrons. The van der Waals surface area contributed by atoms with E-state index in [1.54, 1.807) is 0 Å². The Morgan fingerprint density at radius 3 is 1.57 bits per heavy atom. The summed E-state index contributed by atoms with van der Waals surface area (Å²) in [6.45, 7) is 12.8. The molecule has 1 saturated heterocycles. The Balaban J connectivity index is 1.53. The van der Waals surface area contributed by atoms with E-state index < -0.39 is 28.3 Å². The molecule has 0 atom stereocenters. The van der Waals surface area contributed by atoms with Crippen molar-refractivity contribution in [3.05, 3.63) is 126 Å². The largest absolute Gasteiger partial charge is 0.495 e. The van der Waals surface area contributed by atoms with Gasteiger partial charge in [-0.15, -0.1) is 10.0 Å². The van der Waals surface area contributed by atoms with Crippen LogP contribution in [0.15, 0.2) is 135 Å². The Morgan fingerprint density at radius 1 is 0.500 bits per heavy atom. The zero-order valence-corrected chi connectivity index (χ0v) is 26.1. The SMILES string of the molecule is Cc1ccc(S2(c3ccc(C)cc3)c3ccccc3-c3c(-c4ccccc4B4OC(C)(C)C(C)(C)O4)cccc32)cc1. The molecule has 0 unspecified atom stereocenters. The quantitative estimate of drug-likeness (QED) is 0.197. The van der Waals surface area contributed by atoms with Crippen molar-refractivity contribution in [1.82, 2.24) is 0 Å². The fourth-order valence-corrected chi connectivity index (χ4v) is 10.6. The topological polar surface area (TPSA) is 18.5 Å². The minimum Gasteiger partial charge on any atom is -0.399 e. The second-order valence-corrected chi connectivity index (χ2v) is 15.6. The van der Waals surface area contributed by atoms with Crippen LogP contribution in [0.25, 0.3) is 22.3 Å². The first-order valence-corrected chi connectivity index (χ1v) is 16.4. The highest BCUT2D eigenvalue weighted by atomic mass is 32.3. The molecule has 5 aromatic carbocycles. The van der Waals surface area contributed by atoms with Crippen LogP contribution < -0.4 is 5.46 Å². The van der Waals surface area contributed by atoms with Gasteiger partial charge in [0.25, 0.3) is 0 Å². The van der Waals surface area contributed by atoms with E-state index in [0.29, 0.717) is 0 Å². The van der Waals surface area contributed by atoms with Crippen LogP contribution in [-0.4, -0.2) is 18.3 Å². The number of fused-ring (bicyclic) bond motifs is 3. The van der Waals surface area contributed by atoms with Crippen LogP contribution >= 0.6 is 10.0 Å². The number of hydrogen-bond donors (Lipinski definition) is 0. The highest BCUT2D eigenvalue weighted by Crippen LogP contribution is 2.80. The minimum absolute atomic E-state index is 0.411. The molecule has 4 heteroatoms. The van der Waals surface area contributed by atoms with Gasteiger partial charge < -0.3 is 9.31 Å². The van der Waals surface area contributed by atoms with Crippen LogP contribution in [0.5, 0.6) is 0 Å². The van der Waals surface area contributed by atoms with E-state index in [4.69, 9.17) is 9.31 Å². The summed E-state index contributed by atoms with van der Waals surface area (Å²) in [5.74, 6) is 0. The molecule has 1 fully saturated rings. The average molecular weight is 569 g/mol. The first-order chi connectivity index (χ1) is 20.1. The molecular formula is C38H37BO2S. The molecule has 0 N–H and O–H groups in total. The van der Waals surface area contributed by atoms with Gasteiger partial charge in [0.2, 0.25) is 0 Å². The van der Waals surface area contributed by atoms with Gasteiger partial charge in [-0.25, -0.2) is 0 Å². The van der Waals surface area contributed by atoms with Crippen molar-refractivity contribution in [1.29, 1.82) is 0 Å². The second kappa shape index (κ2) is 9.74. The Morgan fingerprint density at radius 2 is 0.976 bits per heavy atom. The molecule has 2 aliphatic rings. The second-order valence-electron chi connectivity index (χ2n) is 12.6. The molecule has 2 aliphatic heterocycles. The van der Waals surface area contributed by atoms with E-state index in [2.05, 4.69) is 157 Å². The van der Waals surface area contributed by atoms with Crippen molar-refractivity contribution in [3.63, 3.8) is 0 Å². The number of aryl methyl sites for hydroxylation is 2. The minimum atomic E-state index is -1.73. The molecule has 42 heavy (non-hydrogen) atoms. The summed E-state index contributed by atoms with van der Waals surface area (Å²) in [7, 11) is -2.17. The van der Waals surface area contributed by atoms with Crippen LogP contribution in [0.3, 0.4) is 0 Å². The summed E-state index contributed by atoms with van der Waals surface area (Å²) >= 11 is 0. The van der Waals surface area contributed by atoms with Crippen molar-refractivity contribution < 1.29 is 9.31 Å². The van der Waals surface area contributed by atoms with Crippen molar-refractivity contribution in [2.45, 2.75) is 72.3 Å². The standard InChI is InChI=1S/C38H37BO2S/c1-26-18-22-28(23-19-26)42(29-24-20-27(2)21-25-29)34-16-10-8-13-32(34)36-31(14-11-17-35(36)42)30-12-7-9-15-33(30)39-40-37(3,4)38(5,6)41-39/h7-25H,1-6H3. The Kier molecular flexibility index (Phi) is 6.33.